The first kappa shape index (κ1) is 16.5. The van der Waals surface area contributed by atoms with Crippen LogP contribution in [0.1, 0.15) is 19.4 Å². The standard InChI is InChI=1S/C15H25NO2S/c1-12(2)8-16-9-13-5-4-6-15(7-13)19-11-14(17)10-18-3/h4-7,12,14,16-17H,8-11H2,1-3H3. The molecule has 1 rings (SSSR count). The van der Waals surface area contributed by atoms with Crippen LogP contribution >= 0.6 is 11.8 Å². The van der Waals surface area contributed by atoms with Crippen LogP contribution in [0.3, 0.4) is 0 Å². The fourth-order valence-electron chi connectivity index (χ4n) is 1.68. The molecule has 3 nitrogen and oxygen atoms in total. The molecule has 0 spiro atoms. The van der Waals surface area contributed by atoms with Gasteiger partial charge in [-0.05, 0) is 30.2 Å². The average Bonchev–Trinajstić information content (AvgIpc) is 2.37. The summed E-state index contributed by atoms with van der Waals surface area (Å²) in [5.41, 5.74) is 1.28. The Labute approximate surface area is 120 Å². The Balaban J connectivity index is 2.38. The van der Waals surface area contributed by atoms with E-state index in [-0.39, 0.29) is 0 Å². The van der Waals surface area contributed by atoms with E-state index in [1.54, 1.807) is 18.9 Å². The van der Waals surface area contributed by atoms with Crippen LogP contribution in [0.2, 0.25) is 0 Å². The highest BCUT2D eigenvalue weighted by Gasteiger charge is 2.05. The van der Waals surface area contributed by atoms with Gasteiger partial charge in [0.2, 0.25) is 0 Å². The van der Waals surface area contributed by atoms with Gasteiger partial charge in [-0.2, -0.15) is 0 Å². The van der Waals surface area contributed by atoms with E-state index in [1.807, 2.05) is 0 Å². The molecular formula is C15H25NO2S. The van der Waals surface area contributed by atoms with Crippen LogP contribution in [0.5, 0.6) is 0 Å². The molecule has 19 heavy (non-hydrogen) atoms. The van der Waals surface area contributed by atoms with Gasteiger partial charge in [0.25, 0.3) is 0 Å². The van der Waals surface area contributed by atoms with E-state index >= 15 is 0 Å². The summed E-state index contributed by atoms with van der Waals surface area (Å²) in [5.74, 6) is 1.33. The largest absolute Gasteiger partial charge is 0.390 e. The van der Waals surface area contributed by atoms with E-state index in [0.29, 0.717) is 18.3 Å². The predicted molar refractivity (Wildman–Crippen MR) is 81.6 cm³/mol. The molecule has 0 aliphatic heterocycles. The minimum atomic E-state index is -0.405. The molecule has 0 aliphatic carbocycles. The topological polar surface area (TPSA) is 41.5 Å². The Morgan fingerprint density at radius 2 is 2.16 bits per heavy atom. The number of methoxy groups -OCH3 is 1. The first-order chi connectivity index (χ1) is 9.11. The summed E-state index contributed by atoms with van der Waals surface area (Å²) in [6.45, 7) is 6.73. The number of thioether (sulfide) groups is 1. The SMILES string of the molecule is COCC(O)CSc1cccc(CNCC(C)C)c1. The lowest BCUT2D eigenvalue weighted by atomic mass is 10.2. The van der Waals surface area contributed by atoms with Gasteiger partial charge in [0.05, 0.1) is 12.7 Å². The number of ether oxygens (including phenoxy) is 1. The number of benzene rings is 1. The van der Waals surface area contributed by atoms with Gasteiger partial charge in [0, 0.05) is 24.3 Å². The third kappa shape index (κ3) is 7.57. The monoisotopic (exact) mass is 283 g/mol. The highest BCUT2D eigenvalue weighted by Crippen LogP contribution is 2.20. The minimum Gasteiger partial charge on any atom is -0.390 e. The second-order valence-corrected chi connectivity index (χ2v) is 6.19. The Hall–Kier alpha value is -0.550. The van der Waals surface area contributed by atoms with Crippen molar-refractivity contribution in [2.75, 3.05) is 26.0 Å². The number of aliphatic hydroxyl groups is 1. The summed E-state index contributed by atoms with van der Waals surface area (Å²) in [4.78, 5) is 1.19. The van der Waals surface area contributed by atoms with Crippen molar-refractivity contribution < 1.29 is 9.84 Å². The molecule has 1 aromatic carbocycles. The van der Waals surface area contributed by atoms with Gasteiger partial charge < -0.3 is 15.2 Å². The summed E-state index contributed by atoms with van der Waals surface area (Å²) >= 11 is 1.66. The van der Waals surface area contributed by atoms with Crippen molar-refractivity contribution in [1.29, 1.82) is 0 Å². The van der Waals surface area contributed by atoms with Crippen LogP contribution in [0.15, 0.2) is 29.2 Å². The van der Waals surface area contributed by atoms with Crippen molar-refractivity contribution in [3.05, 3.63) is 29.8 Å². The number of rotatable bonds is 9. The smallest absolute Gasteiger partial charge is 0.0867 e. The zero-order valence-corrected chi connectivity index (χ0v) is 12.9. The zero-order chi connectivity index (χ0) is 14.1. The molecule has 1 atom stereocenters. The number of hydrogen-bond acceptors (Lipinski definition) is 4. The van der Waals surface area contributed by atoms with Gasteiger partial charge in [0.15, 0.2) is 0 Å². The second kappa shape index (κ2) is 9.37. The van der Waals surface area contributed by atoms with Gasteiger partial charge in [-0.1, -0.05) is 26.0 Å². The molecule has 2 N–H and O–H groups in total. The van der Waals surface area contributed by atoms with E-state index in [1.165, 1.54) is 10.5 Å². The molecule has 0 heterocycles. The van der Waals surface area contributed by atoms with Crippen LogP contribution in [0.25, 0.3) is 0 Å². The summed E-state index contributed by atoms with van der Waals surface area (Å²) in [5, 5.41) is 13.1. The lowest BCUT2D eigenvalue weighted by molar-refractivity contribution is 0.0794. The van der Waals surface area contributed by atoms with Crippen molar-refractivity contribution in [1.82, 2.24) is 5.32 Å². The van der Waals surface area contributed by atoms with E-state index < -0.39 is 6.10 Å². The lowest BCUT2D eigenvalue weighted by Gasteiger charge is -2.10. The fraction of sp³-hybridized carbons (Fsp3) is 0.600. The second-order valence-electron chi connectivity index (χ2n) is 5.09. The molecule has 0 bridgehead atoms. The molecule has 108 valence electrons. The molecule has 0 saturated carbocycles. The number of hydrogen-bond donors (Lipinski definition) is 2. The van der Waals surface area contributed by atoms with Gasteiger partial charge in [-0.25, -0.2) is 0 Å². The number of nitrogens with one attached hydrogen (secondary N) is 1. The van der Waals surface area contributed by atoms with Crippen LogP contribution in [-0.4, -0.2) is 37.2 Å². The molecule has 0 fully saturated rings. The van der Waals surface area contributed by atoms with E-state index in [2.05, 4.69) is 43.4 Å². The number of aliphatic hydroxyl groups excluding tert-OH is 1. The van der Waals surface area contributed by atoms with Crippen molar-refractivity contribution in [3.8, 4) is 0 Å². The average molecular weight is 283 g/mol. The Kier molecular flexibility index (Phi) is 8.14. The Bertz CT molecular complexity index is 358. The van der Waals surface area contributed by atoms with E-state index in [4.69, 9.17) is 4.74 Å². The Morgan fingerprint density at radius 1 is 1.37 bits per heavy atom. The van der Waals surface area contributed by atoms with Crippen LogP contribution in [0, 0.1) is 5.92 Å². The van der Waals surface area contributed by atoms with Gasteiger partial charge in [0.1, 0.15) is 0 Å². The molecule has 0 saturated heterocycles. The third-order valence-electron chi connectivity index (χ3n) is 2.58. The van der Waals surface area contributed by atoms with Crippen molar-refractivity contribution in [3.63, 3.8) is 0 Å². The predicted octanol–water partition coefficient (Wildman–Crippen LogP) is 2.53. The van der Waals surface area contributed by atoms with Crippen LogP contribution < -0.4 is 5.32 Å². The molecule has 0 aliphatic rings. The first-order valence-electron chi connectivity index (χ1n) is 6.71. The maximum absolute atomic E-state index is 9.62. The quantitative estimate of drug-likeness (QED) is 0.683. The molecule has 4 heteroatoms. The van der Waals surface area contributed by atoms with E-state index in [9.17, 15) is 5.11 Å². The third-order valence-corrected chi connectivity index (χ3v) is 3.72. The highest BCUT2D eigenvalue weighted by molar-refractivity contribution is 7.99. The maximum atomic E-state index is 9.62. The summed E-state index contributed by atoms with van der Waals surface area (Å²) in [7, 11) is 1.61. The maximum Gasteiger partial charge on any atom is 0.0867 e. The summed E-state index contributed by atoms with van der Waals surface area (Å²) < 4.78 is 4.92. The van der Waals surface area contributed by atoms with Crippen molar-refractivity contribution >= 4 is 11.8 Å². The molecule has 0 radical (unpaired) electrons. The van der Waals surface area contributed by atoms with Crippen molar-refractivity contribution in [2.24, 2.45) is 5.92 Å². The summed E-state index contributed by atoms with van der Waals surface area (Å²) in [6, 6.07) is 8.45. The molecular weight excluding hydrogens is 258 g/mol. The normalized spacial score (nSPS) is 12.9. The van der Waals surface area contributed by atoms with E-state index in [0.717, 1.165) is 13.1 Å². The fourth-order valence-corrected chi connectivity index (χ4v) is 2.57. The highest BCUT2D eigenvalue weighted by atomic mass is 32.2. The zero-order valence-electron chi connectivity index (χ0n) is 12.1. The van der Waals surface area contributed by atoms with Gasteiger partial charge in [-0.3, -0.25) is 0 Å². The summed E-state index contributed by atoms with van der Waals surface area (Å²) in [6.07, 6.45) is -0.405. The van der Waals surface area contributed by atoms with Gasteiger partial charge in [-0.15, -0.1) is 11.8 Å². The first-order valence-corrected chi connectivity index (χ1v) is 7.69. The van der Waals surface area contributed by atoms with Gasteiger partial charge >= 0.3 is 0 Å². The van der Waals surface area contributed by atoms with Crippen LogP contribution in [-0.2, 0) is 11.3 Å². The Morgan fingerprint density at radius 3 is 2.84 bits per heavy atom. The lowest BCUT2D eigenvalue weighted by Crippen LogP contribution is -2.19. The molecule has 1 aromatic rings. The molecule has 0 aromatic heterocycles. The van der Waals surface area contributed by atoms with Crippen LogP contribution in [0.4, 0.5) is 0 Å². The minimum absolute atomic E-state index is 0.392. The van der Waals surface area contributed by atoms with Crippen molar-refractivity contribution in [2.45, 2.75) is 31.4 Å². The molecule has 1 unspecified atom stereocenters. The molecule has 0 amide bonds.